The summed E-state index contributed by atoms with van der Waals surface area (Å²) in [6, 6.07) is 4.01. The first-order valence-corrected chi connectivity index (χ1v) is 6.64. The Hall–Kier alpha value is -1.42. The molecule has 0 saturated heterocycles. The molecule has 98 valence electrons. The summed E-state index contributed by atoms with van der Waals surface area (Å²) < 4.78 is 0. The van der Waals surface area contributed by atoms with Crippen molar-refractivity contribution in [1.82, 2.24) is 9.88 Å². The van der Waals surface area contributed by atoms with Gasteiger partial charge in [0.15, 0.2) is 0 Å². The van der Waals surface area contributed by atoms with Crippen LogP contribution >= 0.6 is 0 Å². The van der Waals surface area contributed by atoms with Crippen molar-refractivity contribution < 1.29 is 4.79 Å². The third kappa shape index (κ3) is 2.88. The van der Waals surface area contributed by atoms with Gasteiger partial charge in [-0.2, -0.15) is 0 Å². The first-order chi connectivity index (χ1) is 8.72. The maximum atomic E-state index is 12.3. The molecule has 2 N–H and O–H groups in total. The maximum Gasteiger partial charge on any atom is 0.272 e. The topological polar surface area (TPSA) is 59.2 Å². The fourth-order valence-corrected chi connectivity index (χ4v) is 2.53. The van der Waals surface area contributed by atoms with Crippen LogP contribution in [-0.2, 0) is 6.54 Å². The summed E-state index contributed by atoms with van der Waals surface area (Å²) in [6.07, 6.45) is 7.61. The molecule has 0 radical (unpaired) electrons. The second-order valence-corrected chi connectivity index (χ2v) is 4.96. The molecule has 0 atom stereocenters. The van der Waals surface area contributed by atoms with Crippen molar-refractivity contribution in [2.24, 2.45) is 5.73 Å². The number of rotatable bonds is 3. The highest BCUT2D eigenvalue weighted by Crippen LogP contribution is 2.22. The van der Waals surface area contributed by atoms with E-state index in [1.807, 2.05) is 18.0 Å². The van der Waals surface area contributed by atoms with E-state index in [4.69, 9.17) is 5.73 Å². The third-order valence-electron chi connectivity index (χ3n) is 3.72. The van der Waals surface area contributed by atoms with Gasteiger partial charge in [0, 0.05) is 25.8 Å². The molecule has 0 unspecified atom stereocenters. The lowest BCUT2D eigenvalue weighted by Gasteiger charge is -2.31. The monoisotopic (exact) mass is 247 g/mol. The standard InChI is InChI=1S/C14H21N3O/c1-17(12-5-3-2-4-6-12)14(18)13-9-11(10-15)7-8-16-13/h7-9,12H,2-6,10,15H2,1H3. The Morgan fingerprint density at radius 1 is 1.44 bits per heavy atom. The molecule has 2 rings (SSSR count). The summed E-state index contributed by atoms with van der Waals surface area (Å²) >= 11 is 0. The van der Waals surface area contributed by atoms with E-state index in [1.54, 1.807) is 12.3 Å². The van der Waals surface area contributed by atoms with Crippen molar-refractivity contribution in [3.05, 3.63) is 29.6 Å². The largest absolute Gasteiger partial charge is 0.337 e. The van der Waals surface area contributed by atoms with Gasteiger partial charge in [0.2, 0.25) is 0 Å². The smallest absolute Gasteiger partial charge is 0.272 e. The molecular weight excluding hydrogens is 226 g/mol. The summed E-state index contributed by atoms with van der Waals surface area (Å²) in [4.78, 5) is 18.3. The highest BCUT2D eigenvalue weighted by atomic mass is 16.2. The van der Waals surface area contributed by atoms with E-state index in [0.717, 1.165) is 18.4 Å². The zero-order valence-electron chi connectivity index (χ0n) is 10.9. The van der Waals surface area contributed by atoms with Gasteiger partial charge in [-0.25, -0.2) is 0 Å². The lowest BCUT2D eigenvalue weighted by molar-refractivity contribution is 0.0690. The van der Waals surface area contributed by atoms with Crippen molar-refractivity contribution in [3.63, 3.8) is 0 Å². The molecule has 0 spiro atoms. The number of carbonyl (C=O) groups is 1. The zero-order valence-corrected chi connectivity index (χ0v) is 10.9. The van der Waals surface area contributed by atoms with Gasteiger partial charge < -0.3 is 10.6 Å². The minimum Gasteiger partial charge on any atom is -0.337 e. The average molecular weight is 247 g/mol. The van der Waals surface area contributed by atoms with Crippen LogP contribution in [0.5, 0.6) is 0 Å². The van der Waals surface area contributed by atoms with Gasteiger partial charge in [-0.1, -0.05) is 19.3 Å². The van der Waals surface area contributed by atoms with Crippen molar-refractivity contribution >= 4 is 5.91 Å². The number of pyridine rings is 1. The highest BCUT2D eigenvalue weighted by Gasteiger charge is 2.23. The van der Waals surface area contributed by atoms with Gasteiger partial charge in [0.1, 0.15) is 5.69 Å². The number of nitrogens with zero attached hydrogens (tertiary/aromatic N) is 2. The molecule has 4 heteroatoms. The van der Waals surface area contributed by atoms with Crippen molar-refractivity contribution in [3.8, 4) is 0 Å². The molecule has 0 bridgehead atoms. The number of aromatic nitrogens is 1. The summed E-state index contributed by atoms with van der Waals surface area (Å²) in [6.45, 7) is 0.440. The van der Waals surface area contributed by atoms with E-state index >= 15 is 0 Å². The summed E-state index contributed by atoms with van der Waals surface area (Å²) in [5.41, 5.74) is 7.04. The normalized spacial score (nSPS) is 16.6. The molecule has 1 aromatic heterocycles. The Kier molecular flexibility index (Phi) is 4.31. The summed E-state index contributed by atoms with van der Waals surface area (Å²) in [5, 5.41) is 0. The first kappa shape index (κ1) is 13.0. The Morgan fingerprint density at radius 3 is 2.83 bits per heavy atom. The number of hydrogen-bond acceptors (Lipinski definition) is 3. The fourth-order valence-electron chi connectivity index (χ4n) is 2.53. The van der Waals surface area contributed by atoms with Crippen LogP contribution in [0.25, 0.3) is 0 Å². The van der Waals surface area contributed by atoms with Crippen LogP contribution in [0.1, 0.15) is 48.2 Å². The van der Waals surface area contributed by atoms with Crippen molar-refractivity contribution in [2.75, 3.05) is 7.05 Å². The minimum absolute atomic E-state index is 0.0113. The molecule has 0 aliphatic heterocycles. The molecule has 1 aliphatic rings. The maximum absolute atomic E-state index is 12.3. The SMILES string of the molecule is CN(C(=O)c1cc(CN)ccn1)C1CCCCC1. The second kappa shape index (κ2) is 5.96. The van der Waals surface area contributed by atoms with Gasteiger partial charge in [-0.3, -0.25) is 9.78 Å². The van der Waals surface area contributed by atoms with E-state index in [0.29, 0.717) is 18.3 Å². The highest BCUT2D eigenvalue weighted by molar-refractivity contribution is 5.92. The van der Waals surface area contributed by atoms with Gasteiger partial charge in [-0.05, 0) is 30.5 Å². The molecule has 1 fully saturated rings. The quantitative estimate of drug-likeness (QED) is 0.888. The Morgan fingerprint density at radius 2 is 2.17 bits per heavy atom. The van der Waals surface area contributed by atoms with Crippen LogP contribution in [-0.4, -0.2) is 28.9 Å². The second-order valence-electron chi connectivity index (χ2n) is 4.96. The van der Waals surface area contributed by atoms with Gasteiger partial charge >= 0.3 is 0 Å². The van der Waals surface area contributed by atoms with Gasteiger partial charge in [0.25, 0.3) is 5.91 Å². The fraction of sp³-hybridized carbons (Fsp3) is 0.571. The number of hydrogen-bond donors (Lipinski definition) is 1. The van der Waals surface area contributed by atoms with Crippen LogP contribution in [0.4, 0.5) is 0 Å². The molecule has 1 heterocycles. The van der Waals surface area contributed by atoms with Crippen LogP contribution in [0, 0.1) is 0 Å². The summed E-state index contributed by atoms with van der Waals surface area (Å²) in [5.74, 6) is 0.0113. The summed E-state index contributed by atoms with van der Waals surface area (Å²) in [7, 11) is 1.88. The Balaban J connectivity index is 2.09. The van der Waals surface area contributed by atoms with E-state index < -0.39 is 0 Å². The first-order valence-electron chi connectivity index (χ1n) is 6.64. The van der Waals surface area contributed by atoms with E-state index in [1.165, 1.54) is 19.3 Å². The molecule has 1 aromatic rings. The zero-order chi connectivity index (χ0) is 13.0. The lowest BCUT2D eigenvalue weighted by atomic mass is 9.94. The Bertz CT molecular complexity index is 413. The number of carbonyl (C=O) groups excluding carboxylic acids is 1. The van der Waals surface area contributed by atoms with Gasteiger partial charge in [0.05, 0.1) is 0 Å². The predicted molar refractivity (Wildman–Crippen MR) is 71.1 cm³/mol. The average Bonchev–Trinajstić information content (AvgIpc) is 2.46. The van der Waals surface area contributed by atoms with E-state index in [2.05, 4.69) is 4.98 Å². The van der Waals surface area contributed by atoms with Crippen LogP contribution in [0.15, 0.2) is 18.3 Å². The molecule has 4 nitrogen and oxygen atoms in total. The van der Waals surface area contributed by atoms with Crippen molar-refractivity contribution in [2.45, 2.75) is 44.7 Å². The molecular formula is C14H21N3O. The number of amides is 1. The molecule has 1 amide bonds. The van der Waals surface area contributed by atoms with Crippen LogP contribution < -0.4 is 5.73 Å². The van der Waals surface area contributed by atoms with Crippen molar-refractivity contribution in [1.29, 1.82) is 0 Å². The molecule has 18 heavy (non-hydrogen) atoms. The Labute approximate surface area is 108 Å². The van der Waals surface area contributed by atoms with Crippen LogP contribution in [0.2, 0.25) is 0 Å². The van der Waals surface area contributed by atoms with E-state index in [-0.39, 0.29) is 5.91 Å². The lowest BCUT2D eigenvalue weighted by Crippen LogP contribution is -2.38. The third-order valence-corrected chi connectivity index (χ3v) is 3.72. The molecule has 0 aromatic carbocycles. The molecule has 1 saturated carbocycles. The molecule has 1 aliphatic carbocycles. The van der Waals surface area contributed by atoms with Crippen LogP contribution in [0.3, 0.4) is 0 Å². The van der Waals surface area contributed by atoms with E-state index in [9.17, 15) is 4.79 Å². The van der Waals surface area contributed by atoms with Gasteiger partial charge in [-0.15, -0.1) is 0 Å². The minimum atomic E-state index is 0.0113. The predicted octanol–water partition coefficient (Wildman–Crippen LogP) is 1.94. The number of nitrogens with two attached hydrogens (primary N) is 1.